The van der Waals surface area contributed by atoms with Crippen molar-refractivity contribution in [2.75, 3.05) is 0 Å². The number of hydrogen-bond donors (Lipinski definition) is 0. The smallest absolute Gasteiger partial charge is 0.0273 e. The molecule has 0 unspecified atom stereocenters. The maximum absolute atomic E-state index is 2.24. The van der Waals surface area contributed by atoms with E-state index in [-0.39, 0.29) is 0 Å². The fourth-order valence-corrected chi connectivity index (χ4v) is 1.51. The summed E-state index contributed by atoms with van der Waals surface area (Å²) in [5.41, 5.74) is 3.13. The van der Waals surface area contributed by atoms with Gasteiger partial charge in [-0.2, -0.15) is 0 Å². The standard InChI is InChI=1S/C9H10.C3H8/c1-2-5-9-7-3-6-8(9)4-1;1-3-2/h1-2,4-5H,3,6-7H2;3H2,1-2H3. The van der Waals surface area contributed by atoms with Gasteiger partial charge in [0.05, 0.1) is 0 Å². The molecule has 0 aliphatic heterocycles. The monoisotopic (exact) mass is 162 g/mol. The van der Waals surface area contributed by atoms with E-state index < -0.39 is 0 Å². The second-order valence-corrected chi connectivity index (χ2v) is 3.33. The average molecular weight is 162 g/mol. The van der Waals surface area contributed by atoms with Crippen LogP contribution in [0, 0.1) is 0 Å². The lowest BCUT2D eigenvalue weighted by atomic mass is 10.1. The first kappa shape index (κ1) is 9.31. The minimum atomic E-state index is 1.25. The van der Waals surface area contributed by atoms with Crippen molar-refractivity contribution in [3.8, 4) is 0 Å². The molecular weight excluding hydrogens is 144 g/mol. The lowest BCUT2D eigenvalue weighted by Gasteiger charge is -1.93. The molecule has 2 rings (SSSR count). The van der Waals surface area contributed by atoms with Crippen molar-refractivity contribution in [1.29, 1.82) is 0 Å². The van der Waals surface area contributed by atoms with Gasteiger partial charge in [-0.3, -0.25) is 0 Å². The van der Waals surface area contributed by atoms with Gasteiger partial charge in [-0.25, -0.2) is 0 Å². The van der Waals surface area contributed by atoms with Gasteiger partial charge in [0, 0.05) is 0 Å². The van der Waals surface area contributed by atoms with E-state index in [9.17, 15) is 0 Å². The number of benzene rings is 1. The number of hydrogen-bond acceptors (Lipinski definition) is 0. The molecular formula is C12H18. The molecule has 0 spiro atoms. The molecule has 1 aliphatic rings. The van der Waals surface area contributed by atoms with Crippen LogP contribution in [-0.2, 0) is 12.8 Å². The van der Waals surface area contributed by atoms with E-state index in [0.717, 1.165) is 0 Å². The van der Waals surface area contributed by atoms with Crippen LogP contribution in [0.2, 0.25) is 0 Å². The van der Waals surface area contributed by atoms with Gasteiger partial charge in [-0.05, 0) is 30.4 Å². The summed E-state index contributed by atoms with van der Waals surface area (Å²) < 4.78 is 0. The highest BCUT2D eigenvalue weighted by Crippen LogP contribution is 2.20. The van der Waals surface area contributed by atoms with Crippen molar-refractivity contribution in [2.24, 2.45) is 0 Å². The first-order valence-corrected chi connectivity index (χ1v) is 4.95. The molecule has 1 aromatic rings. The summed E-state index contributed by atoms with van der Waals surface area (Å²) >= 11 is 0. The summed E-state index contributed by atoms with van der Waals surface area (Å²) in [6.07, 6.45) is 5.21. The summed E-state index contributed by atoms with van der Waals surface area (Å²) in [6, 6.07) is 8.74. The van der Waals surface area contributed by atoms with Gasteiger partial charge in [-0.15, -0.1) is 0 Å². The van der Waals surface area contributed by atoms with Gasteiger partial charge in [0.1, 0.15) is 0 Å². The molecule has 0 saturated heterocycles. The first-order chi connectivity index (χ1) is 5.88. The predicted octanol–water partition coefficient (Wildman–Crippen LogP) is 3.59. The van der Waals surface area contributed by atoms with Gasteiger partial charge in [0.2, 0.25) is 0 Å². The molecule has 12 heavy (non-hydrogen) atoms. The molecule has 0 heterocycles. The molecule has 0 nitrogen and oxygen atoms in total. The third kappa shape index (κ3) is 2.37. The molecule has 0 fully saturated rings. The fourth-order valence-electron chi connectivity index (χ4n) is 1.51. The third-order valence-corrected chi connectivity index (χ3v) is 2.01. The second-order valence-electron chi connectivity index (χ2n) is 3.33. The number of fused-ring (bicyclic) bond motifs is 1. The van der Waals surface area contributed by atoms with Crippen molar-refractivity contribution < 1.29 is 0 Å². The molecule has 0 saturated carbocycles. The molecule has 0 N–H and O–H groups in total. The molecule has 0 heteroatoms. The highest BCUT2D eigenvalue weighted by molar-refractivity contribution is 5.30. The van der Waals surface area contributed by atoms with Gasteiger partial charge < -0.3 is 0 Å². The maximum atomic E-state index is 2.24. The Balaban J connectivity index is 0.000000213. The summed E-state index contributed by atoms with van der Waals surface area (Å²) in [7, 11) is 0. The predicted molar refractivity (Wildman–Crippen MR) is 54.4 cm³/mol. The quantitative estimate of drug-likeness (QED) is 0.547. The summed E-state index contributed by atoms with van der Waals surface area (Å²) in [4.78, 5) is 0. The van der Waals surface area contributed by atoms with Crippen LogP contribution in [0.15, 0.2) is 24.3 Å². The summed E-state index contributed by atoms with van der Waals surface area (Å²) in [6.45, 7) is 4.25. The Labute approximate surface area is 75.6 Å². The Kier molecular flexibility index (Phi) is 3.86. The van der Waals surface area contributed by atoms with Crippen LogP contribution in [0.3, 0.4) is 0 Å². The maximum Gasteiger partial charge on any atom is -0.0273 e. The van der Waals surface area contributed by atoms with E-state index in [0.29, 0.717) is 0 Å². The zero-order chi connectivity index (χ0) is 8.81. The average Bonchev–Trinajstić information content (AvgIpc) is 2.52. The highest BCUT2D eigenvalue weighted by Gasteiger charge is 2.07. The summed E-state index contributed by atoms with van der Waals surface area (Å²) in [5, 5.41) is 0. The molecule has 1 aromatic carbocycles. The van der Waals surface area contributed by atoms with Crippen LogP contribution in [0.1, 0.15) is 37.8 Å². The minimum Gasteiger partial charge on any atom is -0.0656 e. The number of aryl methyl sites for hydroxylation is 2. The molecule has 1 aliphatic carbocycles. The SMILES string of the molecule is CCC.c1ccc2c(c1)CCC2. The van der Waals surface area contributed by atoms with Crippen LogP contribution in [0.5, 0.6) is 0 Å². The Bertz CT molecular complexity index is 202. The molecule has 66 valence electrons. The van der Waals surface area contributed by atoms with Crippen LogP contribution >= 0.6 is 0 Å². The summed E-state index contributed by atoms with van der Waals surface area (Å²) in [5.74, 6) is 0. The number of rotatable bonds is 0. The molecule has 0 aromatic heterocycles. The largest absolute Gasteiger partial charge is 0.0656 e. The van der Waals surface area contributed by atoms with E-state index in [1.165, 1.54) is 25.7 Å². The lowest BCUT2D eigenvalue weighted by Crippen LogP contribution is -1.77. The van der Waals surface area contributed by atoms with Gasteiger partial charge in [-0.1, -0.05) is 44.5 Å². The Hall–Kier alpha value is -0.780. The van der Waals surface area contributed by atoms with Gasteiger partial charge in [0.15, 0.2) is 0 Å². The van der Waals surface area contributed by atoms with Crippen molar-refractivity contribution >= 4 is 0 Å². The zero-order valence-electron chi connectivity index (χ0n) is 8.14. The van der Waals surface area contributed by atoms with Gasteiger partial charge >= 0.3 is 0 Å². The van der Waals surface area contributed by atoms with E-state index in [1.54, 1.807) is 11.1 Å². The Morgan fingerprint density at radius 1 is 1.00 bits per heavy atom. The topological polar surface area (TPSA) is 0 Å². The lowest BCUT2D eigenvalue weighted by molar-refractivity contribution is 0.912. The molecule has 0 amide bonds. The normalized spacial score (nSPS) is 13.2. The van der Waals surface area contributed by atoms with Crippen LogP contribution < -0.4 is 0 Å². The molecule has 0 bridgehead atoms. The highest BCUT2D eigenvalue weighted by atomic mass is 14.1. The fraction of sp³-hybridized carbons (Fsp3) is 0.500. The molecule has 0 atom stereocenters. The van der Waals surface area contributed by atoms with E-state index in [1.807, 2.05) is 0 Å². The Morgan fingerprint density at radius 3 is 1.83 bits per heavy atom. The first-order valence-electron chi connectivity index (χ1n) is 4.95. The zero-order valence-corrected chi connectivity index (χ0v) is 8.14. The van der Waals surface area contributed by atoms with Crippen LogP contribution in [0.4, 0.5) is 0 Å². The van der Waals surface area contributed by atoms with Crippen molar-refractivity contribution in [3.63, 3.8) is 0 Å². The minimum absolute atomic E-state index is 1.25. The van der Waals surface area contributed by atoms with Crippen molar-refractivity contribution in [2.45, 2.75) is 39.5 Å². The third-order valence-electron chi connectivity index (χ3n) is 2.01. The van der Waals surface area contributed by atoms with E-state index in [2.05, 4.69) is 38.1 Å². The Morgan fingerprint density at radius 2 is 1.42 bits per heavy atom. The molecule has 0 radical (unpaired) electrons. The van der Waals surface area contributed by atoms with Crippen LogP contribution in [-0.4, -0.2) is 0 Å². The van der Waals surface area contributed by atoms with Gasteiger partial charge in [0.25, 0.3) is 0 Å². The van der Waals surface area contributed by atoms with Crippen molar-refractivity contribution in [1.82, 2.24) is 0 Å². The van der Waals surface area contributed by atoms with E-state index >= 15 is 0 Å². The van der Waals surface area contributed by atoms with Crippen molar-refractivity contribution in [3.05, 3.63) is 35.4 Å². The van der Waals surface area contributed by atoms with E-state index in [4.69, 9.17) is 0 Å². The second kappa shape index (κ2) is 4.97. The van der Waals surface area contributed by atoms with Crippen LogP contribution in [0.25, 0.3) is 0 Å².